The lowest BCUT2D eigenvalue weighted by atomic mass is 10.0. The highest BCUT2D eigenvalue weighted by Gasteiger charge is 2.26. The first-order chi connectivity index (χ1) is 27.3. The third-order valence-electron chi connectivity index (χ3n) is 10.4. The molecule has 0 aliphatic heterocycles. The summed E-state index contributed by atoms with van der Waals surface area (Å²) in [6.45, 7) is 3.73. The Balaban J connectivity index is 3.97. The molecular formula is C46H90NO8P. The third kappa shape index (κ3) is 42.4. The molecule has 2 atom stereocenters. The maximum absolute atomic E-state index is 12.6. The quantitative estimate of drug-likeness (QED) is 0.0266. The van der Waals surface area contributed by atoms with Crippen LogP contribution >= 0.6 is 7.82 Å². The summed E-state index contributed by atoms with van der Waals surface area (Å²) in [7, 11) is -4.37. The van der Waals surface area contributed by atoms with Crippen molar-refractivity contribution in [1.82, 2.24) is 0 Å². The third-order valence-corrected chi connectivity index (χ3v) is 11.4. The second-order valence-corrected chi connectivity index (χ2v) is 17.4. The number of ether oxygens (including phenoxy) is 2. The van der Waals surface area contributed by atoms with Crippen LogP contribution in [0.5, 0.6) is 0 Å². The number of esters is 2. The van der Waals surface area contributed by atoms with Crippen LogP contribution in [-0.4, -0.2) is 49.3 Å². The molecule has 0 aliphatic carbocycles. The van der Waals surface area contributed by atoms with E-state index in [4.69, 9.17) is 24.3 Å². The van der Waals surface area contributed by atoms with E-state index in [0.29, 0.717) is 6.42 Å². The summed E-state index contributed by atoms with van der Waals surface area (Å²) >= 11 is 0. The van der Waals surface area contributed by atoms with Gasteiger partial charge in [0.2, 0.25) is 0 Å². The number of phosphoric ester groups is 1. The zero-order chi connectivity index (χ0) is 41.1. The molecule has 56 heavy (non-hydrogen) atoms. The van der Waals surface area contributed by atoms with Crippen LogP contribution in [0, 0.1) is 0 Å². The van der Waals surface area contributed by atoms with Crippen LogP contribution in [-0.2, 0) is 32.7 Å². The summed E-state index contributed by atoms with van der Waals surface area (Å²) < 4.78 is 32.8. The fraction of sp³-hybridized carbons (Fsp3) is 0.913. The molecule has 0 amide bonds. The molecule has 0 aromatic carbocycles. The molecule has 10 heteroatoms. The van der Waals surface area contributed by atoms with Gasteiger partial charge >= 0.3 is 19.8 Å². The summed E-state index contributed by atoms with van der Waals surface area (Å²) in [5.74, 6) is -0.827. The summed E-state index contributed by atoms with van der Waals surface area (Å²) in [5, 5.41) is 0. The average Bonchev–Trinajstić information content (AvgIpc) is 3.18. The van der Waals surface area contributed by atoms with Crippen molar-refractivity contribution in [3.8, 4) is 0 Å². The minimum Gasteiger partial charge on any atom is -0.462 e. The molecule has 0 aliphatic rings. The maximum atomic E-state index is 12.6. The molecule has 0 aromatic rings. The van der Waals surface area contributed by atoms with Crippen LogP contribution in [0.4, 0.5) is 0 Å². The topological polar surface area (TPSA) is 134 Å². The van der Waals surface area contributed by atoms with E-state index in [-0.39, 0.29) is 38.6 Å². The van der Waals surface area contributed by atoms with E-state index >= 15 is 0 Å². The molecule has 0 rings (SSSR count). The van der Waals surface area contributed by atoms with E-state index in [9.17, 15) is 19.0 Å². The van der Waals surface area contributed by atoms with Crippen molar-refractivity contribution < 1.29 is 37.6 Å². The molecule has 0 bridgehead atoms. The normalized spacial score (nSPS) is 13.3. The van der Waals surface area contributed by atoms with Crippen LogP contribution in [0.15, 0.2) is 12.2 Å². The second kappa shape index (κ2) is 43.3. The molecule has 9 nitrogen and oxygen atoms in total. The Morgan fingerprint density at radius 1 is 0.518 bits per heavy atom. The smallest absolute Gasteiger partial charge is 0.462 e. The first kappa shape index (κ1) is 54.8. The van der Waals surface area contributed by atoms with Gasteiger partial charge < -0.3 is 20.1 Å². The Morgan fingerprint density at radius 3 is 1.30 bits per heavy atom. The van der Waals surface area contributed by atoms with Crippen LogP contribution in [0.3, 0.4) is 0 Å². The number of unbranched alkanes of at least 4 members (excludes halogenated alkanes) is 30. The minimum absolute atomic E-state index is 0.0548. The Morgan fingerprint density at radius 2 is 0.875 bits per heavy atom. The predicted molar refractivity (Wildman–Crippen MR) is 234 cm³/mol. The fourth-order valence-electron chi connectivity index (χ4n) is 6.87. The Hall–Kier alpha value is -1.25. The molecule has 0 radical (unpaired) electrons. The lowest BCUT2D eigenvalue weighted by molar-refractivity contribution is -0.161. The Kier molecular flexibility index (Phi) is 42.4. The number of hydrogen-bond donors (Lipinski definition) is 2. The van der Waals surface area contributed by atoms with Crippen molar-refractivity contribution in [2.24, 2.45) is 5.73 Å². The molecule has 3 N–H and O–H groups in total. The largest absolute Gasteiger partial charge is 0.472 e. The average molecular weight is 816 g/mol. The Bertz CT molecular complexity index is 933. The van der Waals surface area contributed by atoms with Crippen molar-refractivity contribution in [2.45, 2.75) is 245 Å². The molecule has 0 fully saturated rings. The molecule has 0 saturated carbocycles. The highest BCUT2D eigenvalue weighted by atomic mass is 31.2. The summed E-state index contributed by atoms with van der Waals surface area (Å²) in [4.78, 5) is 34.9. The first-order valence-electron chi connectivity index (χ1n) is 23.7. The summed E-state index contributed by atoms with van der Waals surface area (Å²) in [5.41, 5.74) is 5.35. The molecule has 332 valence electrons. The van der Waals surface area contributed by atoms with Gasteiger partial charge in [0.05, 0.1) is 13.2 Å². The number of allylic oxidation sites excluding steroid dienone is 2. The second-order valence-electron chi connectivity index (χ2n) is 16.0. The van der Waals surface area contributed by atoms with Crippen molar-refractivity contribution in [1.29, 1.82) is 0 Å². The van der Waals surface area contributed by atoms with E-state index < -0.39 is 26.5 Å². The van der Waals surface area contributed by atoms with Gasteiger partial charge in [-0.15, -0.1) is 0 Å². The first-order valence-corrected chi connectivity index (χ1v) is 25.2. The standard InChI is InChI=1S/C46H90NO8P/c1-3-5-7-9-11-13-15-17-18-19-20-21-22-23-24-25-26-27-29-30-32-34-36-38-45(48)52-42-44(43-54-56(50,51)53-41-40-47)55-46(49)39-37-35-33-31-28-16-14-12-10-8-6-4-2/h12,14,44H,3-11,13,15-43,47H2,1-2H3,(H,50,51)/b14-12+/t44-/m0/s1. The van der Waals surface area contributed by atoms with Crippen molar-refractivity contribution in [3.63, 3.8) is 0 Å². The highest BCUT2D eigenvalue weighted by Crippen LogP contribution is 2.43. The van der Waals surface area contributed by atoms with E-state index in [2.05, 4.69) is 26.0 Å². The minimum atomic E-state index is -4.37. The van der Waals surface area contributed by atoms with E-state index in [1.165, 1.54) is 148 Å². The van der Waals surface area contributed by atoms with Gasteiger partial charge in [0.1, 0.15) is 6.61 Å². The number of carbonyl (C=O) groups is 2. The lowest BCUT2D eigenvalue weighted by Crippen LogP contribution is -2.29. The van der Waals surface area contributed by atoms with Gasteiger partial charge in [-0.25, -0.2) is 4.57 Å². The van der Waals surface area contributed by atoms with Gasteiger partial charge in [-0.1, -0.05) is 199 Å². The van der Waals surface area contributed by atoms with E-state index in [1.54, 1.807) is 0 Å². The predicted octanol–water partition coefficient (Wildman–Crippen LogP) is 13.8. The van der Waals surface area contributed by atoms with Gasteiger partial charge in [0, 0.05) is 19.4 Å². The van der Waals surface area contributed by atoms with Crippen LogP contribution < -0.4 is 5.73 Å². The number of carbonyl (C=O) groups excluding carboxylic acids is 2. The maximum Gasteiger partial charge on any atom is 0.472 e. The highest BCUT2D eigenvalue weighted by molar-refractivity contribution is 7.47. The zero-order valence-electron chi connectivity index (χ0n) is 36.6. The molecule has 0 spiro atoms. The SMILES string of the molecule is CCCCC/C=C/CCCCCCCC(=O)O[C@@H](COC(=O)CCCCCCCCCCCCCCCCCCCCCCCCC)COP(=O)(O)OCCN. The van der Waals surface area contributed by atoms with Gasteiger partial charge in [-0.2, -0.15) is 0 Å². The Labute approximate surface area is 345 Å². The molecule has 0 saturated heterocycles. The van der Waals surface area contributed by atoms with E-state index in [0.717, 1.165) is 57.8 Å². The molecular weight excluding hydrogens is 725 g/mol. The number of hydrogen-bond acceptors (Lipinski definition) is 8. The number of phosphoric acid groups is 1. The van der Waals surface area contributed by atoms with Crippen molar-refractivity contribution in [3.05, 3.63) is 12.2 Å². The van der Waals surface area contributed by atoms with Gasteiger partial charge in [0.25, 0.3) is 0 Å². The molecule has 0 aromatic heterocycles. The zero-order valence-corrected chi connectivity index (χ0v) is 37.5. The molecule has 1 unspecified atom stereocenters. The number of nitrogens with two attached hydrogens (primary N) is 1. The van der Waals surface area contributed by atoms with Gasteiger partial charge in [-0.3, -0.25) is 18.6 Å². The summed E-state index contributed by atoms with van der Waals surface area (Å²) in [6, 6.07) is 0. The fourth-order valence-corrected chi connectivity index (χ4v) is 7.63. The number of rotatable bonds is 45. The molecule has 0 heterocycles. The summed E-state index contributed by atoms with van der Waals surface area (Å²) in [6.07, 6.45) is 45.4. The van der Waals surface area contributed by atoms with Crippen LogP contribution in [0.1, 0.15) is 239 Å². The van der Waals surface area contributed by atoms with Crippen LogP contribution in [0.25, 0.3) is 0 Å². The van der Waals surface area contributed by atoms with Crippen molar-refractivity contribution >= 4 is 19.8 Å². The monoisotopic (exact) mass is 816 g/mol. The van der Waals surface area contributed by atoms with Gasteiger partial charge in [0.15, 0.2) is 6.10 Å². The van der Waals surface area contributed by atoms with E-state index in [1.807, 2.05) is 0 Å². The van der Waals surface area contributed by atoms with Crippen molar-refractivity contribution in [2.75, 3.05) is 26.4 Å². The van der Waals surface area contributed by atoms with Crippen LogP contribution in [0.2, 0.25) is 0 Å². The van der Waals surface area contributed by atoms with Gasteiger partial charge in [-0.05, 0) is 38.5 Å². The lowest BCUT2D eigenvalue weighted by Gasteiger charge is -2.19.